The van der Waals surface area contributed by atoms with Gasteiger partial charge in [0.25, 0.3) is 0 Å². The van der Waals surface area contributed by atoms with Gasteiger partial charge in [-0.15, -0.1) is 0 Å². The highest BCUT2D eigenvalue weighted by Crippen LogP contribution is 2.23. The molecule has 0 aromatic heterocycles. The molecule has 0 saturated carbocycles. The van der Waals surface area contributed by atoms with Gasteiger partial charge in [0.05, 0.1) is 0 Å². The van der Waals surface area contributed by atoms with Crippen LogP contribution in [0.3, 0.4) is 0 Å². The van der Waals surface area contributed by atoms with Gasteiger partial charge in [-0.1, -0.05) is 47.8 Å². The molecular weight excluding hydrogens is 658 g/mol. The molecule has 0 aliphatic carbocycles. The number of rotatable bonds is 0. The van der Waals surface area contributed by atoms with E-state index < -0.39 is 0 Å². The predicted molar refractivity (Wildman–Crippen MR) is 131 cm³/mol. The van der Waals surface area contributed by atoms with Crippen LogP contribution < -0.4 is 17.2 Å². The summed E-state index contributed by atoms with van der Waals surface area (Å²) in [5.41, 5.74) is 18.8. The molecule has 0 bridgehead atoms. The molecule has 0 radical (unpaired) electrons. The summed E-state index contributed by atoms with van der Waals surface area (Å²) in [6.07, 6.45) is 0. The molecule has 3 nitrogen and oxygen atoms in total. The average Bonchev–Trinajstić information content (AvgIpc) is 2.59. The van der Waals surface area contributed by atoms with Crippen molar-refractivity contribution in [3.8, 4) is 0 Å². The van der Waals surface area contributed by atoms with Crippen molar-refractivity contribution >= 4 is 96.7 Å². The van der Waals surface area contributed by atoms with E-state index in [0.717, 1.165) is 39.4 Å². The van der Waals surface area contributed by atoms with Crippen LogP contribution in [-0.2, 0) is 0 Å². The first-order valence-corrected chi connectivity index (χ1v) is 11.1. The SMILES string of the molecule is Nc1cc(Br)ccc1Br.Nc1ccc(Br)cc1.Nc1ccc(Br)cc1Br. The Kier molecular flexibility index (Phi) is 10.9. The maximum Gasteiger partial charge on any atom is 0.0469 e. The lowest BCUT2D eigenvalue weighted by molar-refractivity contribution is 1.59. The van der Waals surface area contributed by atoms with Gasteiger partial charge in [-0.05, 0) is 92.5 Å². The number of halogens is 5. The van der Waals surface area contributed by atoms with Crippen molar-refractivity contribution < 1.29 is 0 Å². The molecule has 3 rings (SSSR count). The smallest absolute Gasteiger partial charge is 0.0469 e. The van der Waals surface area contributed by atoms with Crippen LogP contribution in [0.25, 0.3) is 0 Å². The topological polar surface area (TPSA) is 78.1 Å². The van der Waals surface area contributed by atoms with Crippen LogP contribution in [0.1, 0.15) is 0 Å². The number of benzene rings is 3. The highest BCUT2D eigenvalue weighted by molar-refractivity contribution is 9.11. The van der Waals surface area contributed by atoms with Crippen LogP contribution in [0.5, 0.6) is 0 Å². The Balaban J connectivity index is 0.000000195. The van der Waals surface area contributed by atoms with E-state index in [2.05, 4.69) is 79.6 Å². The minimum absolute atomic E-state index is 0.754. The van der Waals surface area contributed by atoms with Gasteiger partial charge < -0.3 is 17.2 Å². The Morgan fingerprint density at radius 3 is 1.38 bits per heavy atom. The largest absolute Gasteiger partial charge is 0.399 e. The summed E-state index contributed by atoms with van der Waals surface area (Å²) in [4.78, 5) is 0. The van der Waals surface area contributed by atoms with Gasteiger partial charge in [0, 0.05) is 39.4 Å². The van der Waals surface area contributed by atoms with Gasteiger partial charge in [0.2, 0.25) is 0 Å². The van der Waals surface area contributed by atoms with Crippen molar-refractivity contribution in [1.82, 2.24) is 0 Å². The van der Waals surface area contributed by atoms with E-state index in [9.17, 15) is 0 Å². The minimum Gasteiger partial charge on any atom is -0.399 e. The van der Waals surface area contributed by atoms with Gasteiger partial charge in [0.15, 0.2) is 0 Å². The molecule has 0 saturated heterocycles. The number of hydrogen-bond acceptors (Lipinski definition) is 3. The normalized spacial score (nSPS) is 9.42. The second-order valence-electron chi connectivity index (χ2n) is 4.88. The fourth-order valence-electron chi connectivity index (χ4n) is 1.48. The number of hydrogen-bond donors (Lipinski definition) is 3. The summed E-state index contributed by atoms with van der Waals surface area (Å²) in [5.74, 6) is 0. The quantitative estimate of drug-likeness (QED) is 0.215. The predicted octanol–water partition coefficient (Wildman–Crippen LogP) is 7.62. The molecule has 0 aliphatic rings. The van der Waals surface area contributed by atoms with Crippen LogP contribution in [0, 0.1) is 0 Å². The highest BCUT2D eigenvalue weighted by Gasteiger charge is 1.93. The molecule has 0 unspecified atom stereocenters. The standard InChI is InChI=1S/2C6H5Br2N.C6H6BrN/c7-4-1-2-6(9)5(8)3-4;7-4-1-2-5(8)6(9)3-4;7-5-1-3-6(8)4-2-5/h2*1-3H,9H2;1-4H,8H2. The zero-order valence-electron chi connectivity index (χ0n) is 13.4. The molecule has 0 aliphatic heterocycles. The maximum atomic E-state index is 5.54. The molecule has 8 heteroatoms. The Labute approximate surface area is 195 Å². The Morgan fingerprint density at radius 1 is 0.462 bits per heavy atom. The van der Waals surface area contributed by atoms with Crippen molar-refractivity contribution in [2.45, 2.75) is 0 Å². The first kappa shape index (κ1) is 23.5. The van der Waals surface area contributed by atoms with E-state index in [1.807, 2.05) is 60.7 Å². The molecule has 0 atom stereocenters. The van der Waals surface area contributed by atoms with E-state index in [0.29, 0.717) is 0 Å². The molecule has 3 aromatic rings. The minimum atomic E-state index is 0.754. The van der Waals surface area contributed by atoms with Crippen molar-refractivity contribution in [1.29, 1.82) is 0 Å². The van der Waals surface area contributed by atoms with Crippen LogP contribution >= 0.6 is 79.6 Å². The fraction of sp³-hybridized carbons (Fsp3) is 0. The van der Waals surface area contributed by atoms with Crippen LogP contribution in [0.15, 0.2) is 83.0 Å². The van der Waals surface area contributed by atoms with Gasteiger partial charge in [-0.25, -0.2) is 0 Å². The third kappa shape index (κ3) is 9.41. The molecule has 26 heavy (non-hydrogen) atoms. The molecule has 6 N–H and O–H groups in total. The fourth-order valence-corrected chi connectivity index (χ4v) is 3.42. The number of nitrogen functional groups attached to an aromatic ring is 3. The summed E-state index contributed by atoms with van der Waals surface area (Å²) < 4.78 is 4.96. The third-order valence-corrected chi connectivity index (χ3v) is 5.71. The zero-order chi connectivity index (χ0) is 19.7. The van der Waals surface area contributed by atoms with Crippen molar-refractivity contribution in [3.05, 3.63) is 83.0 Å². The summed E-state index contributed by atoms with van der Waals surface area (Å²) in [5, 5.41) is 0. The van der Waals surface area contributed by atoms with Gasteiger partial charge >= 0.3 is 0 Å². The zero-order valence-corrected chi connectivity index (χ0v) is 21.3. The van der Waals surface area contributed by atoms with E-state index in [1.54, 1.807) is 0 Å². The summed E-state index contributed by atoms with van der Waals surface area (Å²) in [6.45, 7) is 0. The van der Waals surface area contributed by atoms with Crippen molar-refractivity contribution in [3.63, 3.8) is 0 Å². The molecular formula is C18H16Br5N3. The Bertz CT molecular complexity index is 768. The lowest BCUT2D eigenvalue weighted by Gasteiger charge is -1.95. The second-order valence-corrected chi connectivity index (χ2v) is 9.34. The van der Waals surface area contributed by atoms with Crippen molar-refractivity contribution in [2.75, 3.05) is 17.2 Å². The van der Waals surface area contributed by atoms with E-state index in [-0.39, 0.29) is 0 Å². The second kappa shape index (κ2) is 12.0. The van der Waals surface area contributed by atoms with Crippen LogP contribution in [0.2, 0.25) is 0 Å². The molecule has 3 aromatic carbocycles. The van der Waals surface area contributed by atoms with Crippen LogP contribution in [-0.4, -0.2) is 0 Å². The summed E-state index contributed by atoms with van der Waals surface area (Å²) in [6, 6.07) is 18.9. The average molecular weight is 674 g/mol. The lowest BCUT2D eigenvalue weighted by Crippen LogP contribution is -1.84. The van der Waals surface area contributed by atoms with Crippen LogP contribution in [0.4, 0.5) is 17.1 Å². The monoisotopic (exact) mass is 669 g/mol. The number of anilines is 3. The van der Waals surface area contributed by atoms with E-state index >= 15 is 0 Å². The molecule has 0 fully saturated rings. The summed E-state index contributed by atoms with van der Waals surface area (Å²) >= 11 is 16.5. The Morgan fingerprint density at radius 2 is 0.962 bits per heavy atom. The lowest BCUT2D eigenvalue weighted by atomic mass is 10.3. The number of nitrogens with two attached hydrogens (primary N) is 3. The molecule has 0 heterocycles. The van der Waals surface area contributed by atoms with Crippen molar-refractivity contribution in [2.24, 2.45) is 0 Å². The van der Waals surface area contributed by atoms with Gasteiger partial charge in [-0.2, -0.15) is 0 Å². The molecule has 0 amide bonds. The van der Waals surface area contributed by atoms with E-state index in [4.69, 9.17) is 17.2 Å². The first-order valence-electron chi connectivity index (χ1n) is 7.11. The molecule has 138 valence electrons. The van der Waals surface area contributed by atoms with E-state index in [1.165, 1.54) is 0 Å². The highest BCUT2D eigenvalue weighted by atomic mass is 79.9. The maximum absolute atomic E-state index is 5.54. The van der Waals surface area contributed by atoms with Gasteiger partial charge in [-0.3, -0.25) is 0 Å². The Hall–Kier alpha value is -0.540. The van der Waals surface area contributed by atoms with Gasteiger partial charge in [0.1, 0.15) is 0 Å². The third-order valence-electron chi connectivity index (χ3n) is 2.79. The molecule has 0 spiro atoms. The summed E-state index contributed by atoms with van der Waals surface area (Å²) in [7, 11) is 0. The first-order chi connectivity index (χ1) is 12.2.